The summed E-state index contributed by atoms with van der Waals surface area (Å²) >= 11 is 0. The van der Waals surface area contributed by atoms with Crippen molar-refractivity contribution in [3.63, 3.8) is 0 Å². The van der Waals surface area contributed by atoms with Crippen molar-refractivity contribution in [1.82, 2.24) is 0 Å². The van der Waals surface area contributed by atoms with E-state index in [4.69, 9.17) is 0 Å². The van der Waals surface area contributed by atoms with Gasteiger partial charge in [0, 0.05) is 0 Å². The number of hydrogen-bond acceptors (Lipinski definition) is 1. The fourth-order valence-corrected chi connectivity index (χ4v) is 1.68. The molecular weight excluding hydrogens is 184 g/mol. The smallest absolute Gasteiger partial charge is 0.115 e. The summed E-state index contributed by atoms with van der Waals surface area (Å²) in [5.74, 6) is 0.316. The Bertz CT molecular complexity index is 433. The summed E-state index contributed by atoms with van der Waals surface area (Å²) in [6, 6.07) is 7.36. The number of benzene rings is 1. The van der Waals surface area contributed by atoms with Crippen LogP contribution in [0.3, 0.4) is 0 Å². The fraction of sp³-hybridized carbons (Fsp3) is 0.143. The van der Waals surface area contributed by atoms with Crippen molar-refractivity contribution in [3.05, 3.63) is 59.7 Å². The lowest BCUT2D eigenvalue weighted by molar-refractivity contribution is 0.475. The molecule has 0 atom stereocenters. The molecule has 0 saturated carbocycles. The second-order valence-corrected chi connectivity index (χ2v) is 3.81. The molecule has 2 rings (SSSR count). The topological polar surface area (TPSA) is 20.2 Å². The van der Waals surface area contributed by atoms with E-state index >= 15 is 0 Å². The maximum Gasteiger partial charge on any atom is 0.115 e. The van der Waals surface area contributed by atoms with Crippen molar-refractivity contribution in [3.8, 4) is 5.75 Å². The number of hydrogen-bond donors (Lipinski definition) is 1. The second kappa shape index (κ2) is 4.18. The van der Waals surface area contributed by atoms with Crippen LogP contribution in [0.15, 0.2) is 54.1 Å². The zero-order valence-corrected chi connectivity index (χ0v) is 8.77. The van der Waals surface area contributed by atoms with Crippen molar-refractivity contribution in [1.29, 1.82) is 0 Å². The van der Waals surface area contributed by atoms with Gasteiger partial charge in [-0.05, 0) is 36.6 Å². The molecule has 15 heavy (non-hydrogen) atoms. The molecule has 1 heteroatoms. The van der Waals surface area contributed by atoms with E-state index in [0.717, 1.165) is 6.42 Å². The Morgan fingerprint density at radius 1 is 1.00 bits per heavy atom. The Kier molecular flexibility index (Phi) is 2.72. The zero-order valence-electron chi connectivity index (χ0n) is 8.77. The normalized spacial score (nSPS) is 15.5. The summed E-state index contributed by atoms with van der Waals surface area (Å²) in [5.41, 5.74) is 3.81. The molecule has 0 heterocycles. The van der Waals surface area contributed by atoms with Crippen LogP contribution in [0.4, 0.5) is 0 Å². The fourth-order valence-electron chi connectivity index (χ4n) is 1.68. The molecule has 1 aliphatic carbocycles. The van der Waals surface area contributed by atoms with Gasteiger partial charge in [0.1, 0.15) is 5.75 Å². The summed E-state index contributed by atoms with van der Waals surface area (Å²) < 4.78 is 0. The highest BCUT2D eigenvalue weighted by Gasteiger charge is 2.03. The number of phenolic OH excluding ortho intramolecular Hbond substituents is 1. The quantitative estimate of drug-likeness (QED) is 0.729. The molecular formula is C14H14O. The van der Waals surface area contributed by atoms with Crippen molar-refractivity contribution < 1.29 is 5.11 Å². The van der Waals surface area contributed by atoms with Crippen LogP contribution in [0.1, 0.15) is 18.9 Å². The van der Waals surface area contributed by atoms with Gasteiger partial charge in [-0.25, -0.2) is 0 Å². The molecule has 0 spiro atoms. The molecule has 0 saturated heterocycles. The van der Waals surface area contributed by atoms with Gasteiger partial charge in [-0.2, -0.15) is 0 Å². The van der Waals surface area contributed by atoms with E-state index in [1.54, 1.807) is 12.1 Å². The van der Waals surface area contributed by atoms with E-state index in [-0.39, 0.29) is 0 Å². The highest BCUT2D eigenvalue weighted by molar-refractivity contribution is 5.70. The molecule has 1 nitrogen and oxygen atoms in total. The molecule has 0 aliphatic heterocycles. The van der Waals surface area contributed by atoms with E-state index < -0.39 is 0 Å². The van der Waals surface area contributed by atoms with Gasteiger partial charge in [-0.3, -0.25) is 0 Å². The summed E-state index contributed by atoms with van der Waals surface area (Å²) in [7, 11) is 0. The minimum atomic E-state index is 0.316. The number of allylic oxidation sites excluding steroid dienone is 6. The van der Waals surface area contributed by atoms with Gasteiger partial charge in [-0.15, -0.1) is 0 Å². The molecule has 0 aromatic heterocycles. The van der Waals surface area contributed by atoms with Gasteiger partial charge in [0.25, 0.3) is 0 Å². The molecule has 0 unspecified atom stereocenters. The Hall–Kier alpha value is -1.76. The van der Waals surface area contributed by atoms with Crippen molar-refractivity contribution in [2.75, 3.05) is 0 Å². The first-order valence-electron chi connectivity index (χ1n) is 5.08. The monoisotopic (exact) mass is 198 g/mol. The van der Waals surface area contributed by atoms with Gasteiger partial charge in [-0.1, -0.05) is 42.0 Å². The Balaban J connectivity index is 2.31. The molecule has 76 valence electrons. The predicted octanol–water partition coefficient (Wildman–Crippen LogP) is 3.68. The average Bonchev–Trinajstić information content (AvgIpc) is 2.44. The van der Waals surface area contributed by atoms with E-state index in [1.807, 2.05) is 12.1 Å². The molecule has 1 aromatic rings. The number of phenols is 1. The third-order valence-corrected chi connectivity index (χ3v) is 2.50. The third-order valence-electron chi connectivity index (χ3n) is 2.50. The summed E-state index contributed by atoms with van der Waals surface area (Å²) in [6.07, 6.45) is 9.34. The Labute approximate surface area is 90.1 Å². The minimum Gasteiger partial charge on any atom is -0.508 e. The lowest BCUT2D eigenvalue weighted by Gasteiger charge is -2.06. The Morgan fingerprint density at radius 2 is 1.67 bits per heavy atom. The first-order chi connectivity index (χ1) is 7.25. The van der Waals surface area contributed by atoms with Crippen molar-refractivity contribution in [2.45, 2.75) is 13.3 Å². The Morgan fingerprint density at radius 3 is 2.40 bits per heavy atom. The molecule has 0 amide bonds. The van der Waals surface area contributed by atoms with Gasteiger partial charge in [0.2, 0.25) is 0 Å². The van der Waals surface area contributed by atoms with E-state index in [2.05, 4.69) is 31.2 Å². The van der Waals surface area contributed by atoms with E-state index in [9.17, 15) is 5.11 Å². The van der Waals surface area contributed by atoms with Gasteiger partial charge in [0.15, 0.2) is 0 Å². The van der Waals surface area contributed by atoms with E-state index in [0.29, 0.717) is 5.75 Å². The molecule has 0 bridgehead atoms. The first kappa shape index (κ1) is 9.78. The van der Waals surface area contributed by atoms with Crippen LogP contribution in [-0.2, 0) is 0 Å². The average molecular weight is 198 g/mol. The highest BCUT2D eigenvalue weighted by atomic mass is 16.3. The van der Waals surface area contributed by atoms with E-state index in [1.165, 1.54) is 16.7 Å². The van der Waals surface area contributed by atoms with Crippen LogP contribution in [-0.4, -0.2) is 5.11 Å². The van der Waals surface area contributed by atoms with Gasteiger partial charge >= 0.3 is 0 Å². The third kappa shape index (κ3) is 2.38. The maximum atomic E-state index is 9.22. The van der Waals surface area contributed by atoms with Crippen LogP contribution >= 0.6 is 0 Å². The van der Waals surface area contributed by atoms with Crippen LogP contribution in [0.25, 0.3) is 5.57 Å². The molecule has 1 aromatic carbocycles. The standard InChI is InChI=1S/C14H14O/c1-11-4-2-3-5-13(10-11)12-6-8-14(15)9-7-12/h2-9,15H,10H2,1H3. The summed E-state index contributed by atoms with van der Waals surface area (Å²) in [4.78, 5) is 0. The van der Waals surface area contributed by atoms with Crippen LogP contribution in [0.2, 0.25) is 0 Å². The molecule has 0 fully saturated rings. The van der Waals surface area contributed by atoms with Crippen molar-refractivity contribution >= 4 is 5.57 Å². The SMILES string of the molecule is CC1=CC=CC=C(c2ccc(O)cc2)C1. The highest BCUT2D eigenvalue weighted by Crippen LogP contribution is 2.25. The summed E-state index contributed by atoms with van der Waals surface area (Å²) in [5, 5.41) is 9.22. The molecule has 1 N–H and O–H groups in total. The first-order valence-corrected chi connectivity index (χ1v) is 5.08. The largest absolute Gasteiger partial charge is 0.508 e. The number of aromatic hydroxyl groups is 1. The van der Waals surface area contributed by atoms with Crippen LogP contribution < -0.4 is 0 Å². The second-order valence-electron chi connectivity index (χ2n) is 3.81. The molecule has 1 aliphatic rings. The van der Waals surface area contributed by atoms with Crippen molar-refractivity contribution in [2.24, 2.45) is 0 Å². The minimum absolute atomic E-state index is 0.316. The zero-order chi connectivity index (χ0) is 10.7. The van der Waals surface area contributed by atoms with Gasteiger partial charge in [0.05, 0.1) is 0 Å². The summed E-state index contributed by atoms with van der Waals surface area (Å²) in [6.45, 7) is 2.13. The van der Waals surface area contributed by atoms with Crippen LogP contribution in [0.5, 0.6) is 5.75 Å². The van der Waals surface area contributed by atoms with Crippen LogP contribution in [0, 0.1) is 0 Å². The van der Waals surface area contributed by atoms with Gasteiger partial charge < -0.3 is 5.11 Å². The predicted molar refractivity (Wildman–Crippen MR) is 63.6 cm³/mol. The number of rotatable bonds is 1. The molecule has 0 radical (unpaired) electrons. The maximum absolute atomic E-state index is 9.22. The lowest BCUT2D eigenvalue weighted by atomic mass is 9.99. The lowest BCUT2D eigenvalue weighted by Crippen LogP contribution is -1.84.